The lowest BCUT2D eigenvalue weighted by atomic mass is 10.1. The van der Waals surface area contributed by atoms with Gasteiger partial charge < -0.3 is 5.73 Å². The summed E-state index contributed by atoms with van der Waals surface area (Å²) in [5.74, 6) is 0.573. The highest BCUT2D eigenvalue weighted by molar-refractivity contribution is 7.89. The molecular weight excluding hydrogens is 236 g/mol. The van der Waals surface area contributed by atoms with Gasteiger partial charge >= 0.3 is 0 Å². The quantitative estimate of drug-likeness (QED) is 0.810. The predicted molar refractivity (Wildman–Crippen MR) is 65.9 cm³/mol. The second-order valence-corrected chi connectivity index (χ2v) is 6.87. The minimum atomic E-state index is -3.31. The molecule has 4 nitrogen and oxygen atoms in total. The summed E-state index contributed by atoms with van der Waals surface area (Å²) in [4.78, 5) is 0.360. The molecule has 0 aromatic heterocycles. The summed E-state index contributed by atoms with van der Waals surface area (Å²) in [6.07, 6.45) is 3.23. The van der Waals surface area contributed by atoms with Crippen molar-refractivity contribution in [2.24, 2.45) is 5.92 Å². The monoisotopic (exact) mass is 252 g/mol. The number of anilines is 1. The highest BCUT2D eigenvalue weighted by Crippen LogP contribution is 2.40. The molecule has 1 aliphatic heterocycles. The van der Waals surface area contributed by atoms with Crippen LogP contribution in [0.3, 0.4) is 0 Å². The Morgan fingerprint density at radius 3 is 2.41 bits per heavy atom. The van der Waals surface area contributed by atoms with Crippen LogP contribution in [0.25, 0.3) is 0 Å². The molecule has 0 spiro atoms. The molecule has 0 radical (unpaired) electrons. The van der Waals surface area contributed by atoms with Crippen molar-refractivity contribution >= 4 is 15.7 Å². The predicted octanol–water partition coefficient (Wildman–Crippen LogP) is 1.44. The average Bonchev–Trinajstić information content (AvgIpc) is 2.91. The van der Waals surface area contributed by atoms with Crippen LogP contribution in [-0.4, -0.2) is 25.3 Å². The van der Waals surface area contributed by atoms with Gasteiger partial charge in [-0.05, 0) is 49.4 Å². The molecule has 3 rings (SSSR count). The van der Waals surface area contributed by atoms with Gasteiger partial charge in [0, 0.05) is 18.3 Å². The first-order chi connectivity index (χ1) is 8.07. The number of fused-ring (bicyclic) bond motifs is 2. The maximum absolute atomic E-state index is 12.4. The first-order valence-electron chi connectivity index (χ1n) is 5.95. The molecule has 1 heterocycles. The number of nitrogens with two attached hydrogens (primary N) is 1. The van der Waals surface area contributed by atoms with Crippen molar-refractivity contribution in [3.8, 4) is 0 Å². The third kappa shape index (κ3) is 1.73. The summed E-state index contributed by atoms with van der Waals surface area (Å²) in [6.45, 7) is 0.692. The Bertz CT molecular complexity index is 524. The number of hydrogen-bond acceptors (Lipinski definition) is 3. The van der Waals surface area contributed by atoms with Gasteiger partial charge in [0.25, 0.3) is 0 Å². The molecule has 2 unspecified atom stereocenters. The number of sulfonamides is 1. The van der Waals surface area contributed by atoms with E-state index in [4.69, 9.17) is 5.73 Å². The van der Waals surface area contributed by atoms with E-state index in [2.05, 4.69) is 0 Å². The summed E-state index contributed by atoms with van der Waals surface area (Å²) in [6, 6.07) is 6.69. The van der Waals surface area contributed by atoms with Gasteiger partial charge in [0.15, 0.2) is 0 Å². The van der Waals surface area contributed by atoms with E-state index in [9.17, 15) is 8.42 Å². The minimum absolute atomic E-state index is 0.225. The van der Waals surface area contributed by atoms with Gasteiger partial charge in [-0.15, -0.1) is 0 Å². The highest BCUT2D eigenvalue weighted by Gasteiger charge is 2.44. The third-order valence-electron chi connectivity index (χ3n) is 3.85. The summed E-state index contributed by atoms with van der Waals surface area (Å²) >= 11 is 0. The van der Waals surface area contributed by atoms with Crippen LogP contribution >= 0.6 is 0 Å². The summed E-state index contributed by atoms with van der Waals surface area (Å²) in [5, 5.41) is 0. The van der Waals surface area contributed by atoms with Crippen LogP contribution in [0.2, 0.25) is 0 Å². The lowest BCUT2D eigenvalue weighted by Gasteiger charge is -2.26. The van der Waals surface area contributed by atoms with Crippen LogP contribution in [-0.2, 0) is 10.0 Å². The van der Waals surface area contributed by atoms with Gasteiger partial charge in [-0.25, -0.2) is 8.42 Å². The second kappa shape index (κ2) is 3.71. The molecule has 0 amide bonds. The topological polar surface area (TPSA) is 63.4 Å². The van der Waals surface area contributed by atoms with Crippen molar-refractivity contribution in [1.29, 1.82) is 0 Å². The van der Waals surface area contributed by atoms with Crippen LogP contribution in [0.4, 0.5) is 5.69 Å². The zero-order valence-electron chi connectivity index (χ0n) is 9.54. The summed E-state index contributed by atoms with van der Waals surface area (Å²) < 4.78 is 26.5. The minimum Gasteiger partial charge on any atom is -0.399 e. The fourth-order valence-electron chi connectivity index (χ4n) is 2.95. The molecule has 2 aliphatic rings. The zero-order valence-corrected chi connectivity index (χ0v) is 10.4. The van der Waals surface area contributed by atoms with Crippen molar-refractivity contribution in [1.82, 2.24) is 4.31 Å². The Labute approximate surface area is 101 Å². The van der Waals surface area contributed by atoms with E-state index in [1.165, 1.54) is 6.42 Å². The molecule has 2 N–H and O–H groups in total. The van der Waals surface area contributed by atoms with E-state index in [0.29, 0.717) is 23.0 Å². The highest BCUT2D eigenvalue weighted by atomic mass is 32.2. The second-order valence-electron chi connectivity index (χ2n) is 4.98. The van der Waals surface area contributed by atoms with Gasteiger partial charge in [-0.3, -0.25) is 0 Å². The Kier molecular flexibility index (Phi) is 2.41. The lowest BCUT2D eigenvalue weighted by molar-refractivity contribution is 0.333. The van der Waals surface area contributed by atoms with E-state index in [1.54, 1.807) is 28.6 Å². The van der Waals surface area contributed by atoms with Gasteiger partial charge in [0.05, 0.1) is 4.90 Å². The maximum Gasteiger partial charge on any atom is 0.243 e. The van der Waals surface area contributed by atoms with Crippen LogP contribution in [0.15, 0.2) is 29.2 Å². The number of rotatable bonds is 2. The SMILES string of the molecule is Nc1ccc(S(=O)(=O)N2CC3CCC2C3)cc1. The van der Waals surface area contributed by atoms with Crippen LogP contribution in [0.1, 0.15) is 19.3 Å². The number of nitrogen functional groups attached to an aromatic ring is 1. The van der Waals surface area contributed by atoms with Crippen LogP contribution in [0.5, 0.6) is 0 Å². The Hall–Kier alpha value is -1.07. The first kappa shape index (κ1) is 11.0. The molecule has 1 aromatic carbocycles. The number of nitrogens with zero attached hydrogens (tertiary/aromatic N) is 1. The van der Waals surface area contributed by atoms with E-state index in [-0.39, 0.29) is 6.04 Å². The molecule has 1 saturated carbocycles. The first-order valence-corrected chi connectivity index (χ1v) is 7.39. The van der Waals surface area contributed by atoms with Crippen molar-refractivity contribution in [2.45, 2.75) is 30.2 Å². The molecule has 1 aliphatic carbocycles. The van der Waals surface area contributed by atoms with Crippen molar-refractivity contribution in [3.63, 3.8) is 0 Å². The summed E-state index contributed by atoms with van der Waals surface area (Å²) in [5.41, 5.74) is 6.17. The lowest BCUT2D eigenvalue weighted by Crippen LogP contribution is -2.37. The Morgan fingerprint density at radius 2 is 1.88 bits per heavy atom. The van der Waals surface area contributed by atoms with Crippen molar-refractivity contribution < 1.29 is 8.42 Å². The largest absolute Gasteiger partial charge is 0.399 e. The van der Waals surface area contributed by atoms with E-state index in [1.807, 2.05) is 0 Å². The molecule has 1 saturated heterocycles. The summed E-state index contributed by atoms with van der Waals surface area (Å²) in [7, 11) is -3.31. The Morgan fingerprint density at radius 1 is 1.18 bits per heavy atom. The van der Waals surface area contributed by atoms with Gasteiger partial charge in [-0.2, -0.15) is 4.31 Å². The van der Waals surface area contributed by atoms with E-state index >= 15 is 0 Å². The van der Waals surface area contributed by atoms with Gasteiger partial charge in [0.2, 0.25) is 10.0 Å². The number of piperidine rings is 1. The molecule has 17 heavy (non-hydrogen) atoms. The molecule has 5 heteroatoms. The maximum atomic E-state index is 12.4. The van der Waals surface area contributed by atoms with Crippen LogP contribution in [0, 0.1) is 5.92 Å². The van der Waals surface area contributed by atoms with Gasteiger partial charge in [-0.1, -0.05) is 0 Å². The van der Waals surface area contributed by atoms with Crippen molar-refractivity contribution in [2.75, 3.05) is 12.3 Å². The van der Waals surface area contributed by atoms with E-state index in [0.717, 1.165) is 12.8 Å². The average molecular weight is 252 g/mol. The zero-order chi connectivity index (χ0) is 12.0. The molecule has 2 atom stereocenters. The smallest absolute Gasteiger partial charge is 0.243 e. The van der Waals surface area contributed by atoms with Gasteiger partial charge in [0.1, 0.15) is 0 Å². The number of benzene rings is 1. The van der Waals surface area contributed by atoms with Crippen molar-refractivity contribution in [3.05, 3.63) is 24.3 Å². The molecule has 2 fully saturated rings. The molecule has 92 valence electrons. The standard InChI is InChI=1S/C12H16N2O2S/c13-10-2-5-12(6-3-10)17(15,16)14-8-9-1-4-11(14)7-9/h2-3,5-6,9,11H,1,4,7-8,13H2. The van der Waals surface area contributed by atoms with E-state index < -0.39 is 10.0 Å². The Balaban J connectivity index is 1.93. The molecule has 2 bridgehead atoms. The molecular formula is C12H16N2O2S. The fourth-order valence-corrected chi connectivity index (χ4v) is 4.69. The molecule has 1 aromatic rings. The normalized spacial score (nSPS) is 28.7. The van der Waals surface area contributed by atoms with Crippen LogP contribution < -0.4 is 5.73 Å². The number of hydrogen-bond donors (Lipinski definition) is 1. The third-order valence-corrected chi connectivity index (χ3v) is 5.78. The fraction of sp³-hybridized carbons (Fsp3) is 0.500.